The Kier molecular flexibility index (Phi) is 4.96. The number of aryl methyl sites for hydroxylation is 2. The second-order valence-corrected chi connectivity index (χ2v) is 5.09. The molecule has 0 spiro atoms. The number of nitrogens with zero attached hydrogens (tertiary/aromatic N) is 1. The molecule has 1 aromatic heterocycles. The van der Waals surface area contributed by atoms with Crippen molar-refractivity contribution in [2.24, 2.45) is 5.92 Å². The lowest BCUT2D eigenvalue weighted by Gasteiger charge is -2.07. The fraction of sp³-hybridized carbons (Fsp3) is 0.714. The molecule has 0 aliphatic heterocycles. The summed E-state index contributed by atoms with van der Waals surface area (Å²) in [6, 6.07) is 0. The van der Waals surface area contributed by atoms with E-state index < -0.39 is 0 Å². The zero-order valence-corrected chi connectivity index (χ0v) is 11.8. The van der Waals surface area contributed by atoms with Crippen LogP contribution < -0.4 is 10.6 Å². The van der Waals surface area contributed by atoms with E-state index in [4.69, 9.17) is 4.52 Å². The summed E-state index contributed by atoms with van der Waals surface area (Å²) in [6.07, 6.45) is 4.23. The molecule has 0 bridgehead atoms. The molecule has 0 atom stereocenters. The van der Waals surface area contributed by atoms with Crippen molar-refractivity contribution < 1.29 is 9.32 Å². The number of carbonyl (C=O) groups excluding carboxylic acids is 1. The van der Waals surface area contributed by atoms with Gasteiger partial charge in [-0.15, -0.1) is 0 Å². The van der Waals surface area contributed by atoms with Crippen LogP contribution in [0.1, 0.15) is 43.7 Å². The van der Waals surface area contributed by atoms with Gasteiger partial charge in [0.05, 0.1) is 12.2 Å². The number of rotatable bonds is 8. The van der Waals surface area contributed by atoms with Crippen LogP contribution in [0, 0.1) is 5.92 Å². The Bertz CT molecular complexity index is 403. The van der Waals surface area contributed by atoms with Crippen molar-refractivity contribution in [1.82, 2.24) is 15.8 Å². The number of nitrogens with one attached hydrogen (secondary N) is 2. The monoisotopic (exact) mass is 265 g/mol. The van der Waals surface area contributed by atoms with Crippen LogP contribution in [0.5, 0.6) is 0 Å². The predicted molar refractivity (Wildman–Crippen MR) is 72.7 cm³/mol. The van der Waals surface area contributed by atoms with E-state index in [-0.39, 0.29) is 5.91 Å². The normalized spacial score (nSPS) is 14.6. The summed E-state index contributed by atoms with van der Waals surface area (Å²) >= 11 is 0. The number of aromatic nitrogens is 1. The Morgan fingerprint density at radius 2 is 2.16 bits per heavy atom. The van der Waals surface area contributed by atoms with Crippen LogP contribution in [0.25, 0.3) is 0 Å². The summed E-state index contributed by atoms with van der Waals surface area (Å²) in [7, 11) is 0. The highest BCUT2D eigenvalue weighted by atomic mass is 16.5. The Labute approximate surface area is 114 Å². The quantitative estimate of drug-likeness (QED) is 0.746. The van der Waals surface area contributed by atoms with Gasteiger partial charge in [0.15, 0.2) is 0 Å². The molecule has 1 heterocycles. The highest BCUT2D eigenvalue weighted by Gasteiger charge is 2.20. The highest BCUT2D eigenvalue weighted by molar-refractivity contribution is 5.78. The fourth-order valence-electron chi connectivity index (χ4n) is 2.10. The predicted octanol–water partition coefficient (Wildman–Crippen LogP) is 1.42. The van der Waals surface area contributed by atoms with E-state index in [1.54, 1.807) is 0 Å². The van der Waals surface area contributed by atoms with Crippen LogP contribution in [-0.4, -0.2) is 24.2 Å². The van der Waals surface area contributed by atoms with Crippen molar-refractivity contribution in [3.05, 3.63) is 17.0 Å². The van der Waals surface area contributed by atoms with Gasteiger partial charge in [0.2, 0.25) is 5.91 Å². The molecule has 0 aromatic carbocycles. The fourth-order valence-corrected chi connectivity index (χ4v) is 2.10. The molecular formula is C14H23N3O2. The van der Waals surface area contributed by atoms with E-state index in [0.717, 1.165) is 42.3 Å². The SMILES string of the molecule is CCc1noc(CC)c1CNC(=O)CNCC1CC1. The van der Waals surface area contributed by atoms with Gasteiger partial charge in [-0.25, -0.2) is 0 Å². The molecule has 5 heteroatoms. The van der Waals surface area contributed by atoms with Crippen molar-refractivity contribution in [2.75, 3.05) is 13.1 Å². The maximum atomic E-state index is 11.7. The van der Waals surface area contributed by atoms with E-state index in [0.29, 0.717) is 13.1 Å². The number of hydrogen-bond acceptors (Lipinski definition) is 4. The second-order valence-electron chi connectivity index (χ2n) is 5.09. The molecule has 1 saturated carbocycles. The summed E-state index contributed by atoms with van der Waals surface area (Å²) < 4.78 is 5.27. The average Bonchev–Trinajstić information content (AvgIpc) is 3.15. The van der Waals surface area contributed by atoms with Crippen LogP contribution in [0.3, 0.4) is 0 Å². The summed E-state index contributed by atoms with van der Waals surface area (Å²) in [5.74, 6) is 1.71. The molecule has 19 heavy (non-hydrogen) atoms. The molecule has 106 valence electrons. The van der Waals surface area contributed by atoms with Gasteiger partial charge >= 0.3 is 0 Å². The highest BCUT2D eigenvalue weighted by Crippen LogP contribution is 2.27. The lowest BCUT2D eigenvalue weighted by atomic mass is 10.1. The summed E-state index contributed by atoms with van der Waals surface area (Å²) in [5.41, 5.74) is 1.99. The molecule has 1 fully saturated rings. The molecule has 0 radical (unpaired) electrons. The van der Waals surface area contributed by atoms with Gasteiger partial charge in [0.25, 0.3) is 0 Å². The van der Waals surface area contributed by atoms with Crippen LogP contribution in [0.4, 0.5) is 0 Å². The molecule has 2 rings (SSSR count). The molecule has 2 N–H and O–H groups in total. The Morgan fingerprint density at radius 1 is 1.37 bits per heavy atom. The molecule has 0 unspecified atom stereocenters. The third kappa shape index (κ3) is 4.06. The first-order valence-electron chi connectivity index (χ1n) is 7.18. The van der Waals surface area contributed by atoms with Crippen LogP contribution in [0.2, 0.25) is 0 Å². The van der Waals surface area contributed by atoms with E-state index >= 15 is 0 Å². The van der Waals surface area contributed by atoms with Crippen LogP contribution >= 0.6 is 0 Å². The van der Waals surface area contributed by atoms with E-state index in [1.165, 1.54) is 12.8 Å². The van der Waals surface area contributed by atoms with Crippen LogP contribution in [-0.2, 0) is 24.2 Å². The van der Waals surface area contributed by atoms with Gasteiger partial charge in [0, 0.05) is 18.5 Å². The van der Waals surface area contributed by atoms with Gasteiger partial charge < -0.3 is 15.2 Å². The molecule has 1 aliphatic carbocycles. The summed E-state index contributed by atoms with van der Waals surface area (Å²) in [6.45, 7) is 5.94. The second kappa shape index (κ2) is 6.70. The van der Waals surface area contributed by atoms with Crippen LogP contribution in [0.15, 0.2) is 4.52 Å². The lowest BCUT2D eigenvalue weighted by molar-refractivity contribution is -0.120. The molecule has 5 nitrogen and oxygen atoms in total. The topological polar surface area (TPSA) is 67.2 Å². The number of carbonyl (C=O) groups is 1. The van der Waals surface area contributed by atoms with Gasteiger partial charge in [-0.3, -0.25) is 4.79 Å². The molecule has 1 aliphatic rings. The minimum atomic E-state index is 0.0333. The van der Waals surface area contributed by atoms with Crippen molar-refractivity contribution in [2.45, 2.75) is 46.1 Å². The maximum Gasteiger partial charge on any atom is 0.234 e. The largest absolute Gasteiger partial charge is 0.361 e. The van der Waals surface area contributed by atoms with E-state index in [9.17, 15) is 4.79 Å². The van der Waals surface area contributed by atoms with Crippen molar-refractivity contribution in [3.8, 4) is 0 Å². The number of amides is 1. The lowest BCUT2D eigenvalue weighted by Crippen LogP contribution is -2.34. The summed E-state index contributed by atoms with van der Waals surface area (Å²) in [4.78, 5) is 11.7. The van der Waals surface area contributed by atoms with Crippen molar-refractivity contribution >= 4 is 5.91 Å². The maximum absolute atomic E-state index is 11.7. The molecule has 1 aromatic rings. The van der Waals surface area contributed by atoms with Gasteiger partial charge in [-0.05, 0) is 31.7 Å². The Hall–Kier alpha value is -1.36. The zero-order chi connectivity index (χ0) is 13.7. The molecule has 0 saturated heterocycles. The summed E-state index contributed by atoms with van der Waals surface area (Å²) in [5, 5.41) is 10.1. The van der Waals surface area contributed by atoms with Gasteiger partial charge in [0.1, 0.15) is 5.76 Å². The van der Waals surface area contributed by atoms with Gasteiger partial charge in [-0.1, -0.05) is 19.0 Å². The first kappa shape index (κ1) is 14.1. The minimum absolute atomic E-state index is 0.0333. The Balaban J connectivity index is 1.76. The van der Waals surface area contributed by atoms with Crippen molar-refractivity contribution in [3.63, 3.8) is 0 Å². The van der Waals surface area contributed by atoms with Crippen molar-refractivity contribution in [1.29, 1.82) is 0 Å². The standard InChI is InChI=1S/C14H23N3O2/c1-3-12-11(13(4-2)19-17-12)8-16-14(18)9-15-7-10-5-6-10/h10,15H,3-9H2,1-2H3,(H,16,18). The smallest absolute Gasteiger partial charge is 0.234 e. The molecular weight excluding hydrogens is 242 g/mol. The van der Waals surface area contributed by atoms with E-state index in [1.807, 2.05) is 13.8 Å². The number of hydrogen-bond donors (Lipinski definition) is 2. The minimum Gasteiger partial charge on any atom is -0.361 e. The third-order valence-corrected chi connectivity index (χ3v) is 3.48. The third-order valence-electron chi connectivity index (χ3n) is 3.48. The average molecular weight is 265 g/mol. The Morgan fingerprint density at radius 3 is 2.79 bits per heavy atom. The van der Waals surface area contributed by atoms with E-state index in [2.05, 4.69) is 15.8 Å². The molecule has 1 amide bonds. The first-order chi connectivity index (χ1) is 9.24. The van der Waals surface area contributed by atoms with Gasteiger partial charge in [-0.2, -0.15) is 0 Å². The first-order valence-corrected chi connectivity index (χ1v) is 7.18. The zero-order valence-electron chi connectivity index (χ0n) is 11.8.